The second-order valence-electron chi connectivity index (χ2n) is 5.03. The summed E-state index contributed by atoms with van der Waals surface area (Å²) in [6, 6.07) is 2.39. The Morgan fingerprint density at radius 1 is 1.43 bits per heavy atom. The van der Waals surface area contributed by atoms with Gasteiger partial charge in [-0.3, -0.25) is 0 Å². The van der Waals surface area contributed by atoms with Crippen LogP contribution in [0.1, 0.15) is 36.0 Å². The number of nitrogens with two attached hydrogens (primary N) is 1. The molecule has 1 aromatic rings. The smallest absolute Gasteiger partial charge is 0.339 e. The van der Waals surface area contributed by atoms with Gasteiger partial charge in [-0.15, -0.1) is 0 Å². The molecule has 0 atom stereocenters. The number of carbonyl (C=O) groups is 1. The number of rotatable bonds is 5. The molecule has 1 aromatic carbocycles. The number of ether oxygens (including phenoxy) is 1. The molecule has 116 valence electrons. The van der Waals surface area contributed by atoms with Gasteiger partial charge in [0.15, 0.2) is 0 Å². The van der Waals surface area contributed by atoms with Crippen molar-refractivity contribution in [2.75, 3.05) is 6.61 Å². The number of primary sulfonamides is 1. The van der Waals surface area contributed by atoms with Crippen molar-refractivity contribution in [1.82, 2.24) is 0 Å². The van der Waals surface area contributed by atoms with Crippen LogP contribution < -0.4 is 5.14 Å². The van der Waals surface area contributed by atoms with Crippen molar-refractivity contribution in [2.45, 2.75) is 30.6 Å². The second-order valence-corrected chi connectivity index (χ2v) is 7.83. The molecule has 1 aliphatic carbocycles. The lowest BCUT2D eigenvalue weighted by atomic mass is 9.83. The molecule has 0 amide bonds. The zero-order valence-electron chi connectivity index (χ0n) is 11.1. The molecule has 0 heterocycles. The Bertz CT molecular complexity index is 658. The first-order chi connectivity index (χ1) is 9.79. The second kappa shape index (κ2) is 6.64. The number of hydrogen-bond acceptors (Lipinski definition) is 4. The van der Waals surface area contributed by atoms with Crippen LogP contribution in [0.15, 0.2) is 21.5 Å². The van der Waals surface area contributed by atoms with Crippen LogP contribution in [0.3, 0.4) is 0 Å². The fourth-order valence-corrected chi connectivity index (χ4v) is 3.42. The third-order valence-corrected chi connectivity index (χ3v) is 5.69. The maximum atomic E-state index is 12.0. The SMILES string of the molecule is NS(=O)(=O)c1cc(Br)c(Cl)c(C(=O)OCCC2CCC2)c1. The molecule has 0 saturated heterocycles. The summed E-state index contributed by atoms with van der Waals surface area (Å²) >= 11 is 9.12. The normalized spacial score (nSPS) is 15.6. The van der Waals surface area contributed by atoms with Crippen molar-refractivity contribution in [2.24, 2.45) is 11.1 Å². The molecule has 21 heavy (non-hydrogen) atoms. The van der Waals surface area contributed by atoms with Gasteiger partial charge in [-0.2, -0.15) is 0 Å². The average Bonchev–Trinajstić information content (AvgIpc) is 2.33. The van der Waals surface area contributed by atoms with Crippen LogP contribution in [0, 0.1) is 5.92 Å². The molecule has 8 heteroatoms. The first-order valence-electron chi connectivity index (χ1n) is 6.48. The average molecular weight is 397 g/mol. The first kappa shape index (κ1) is 16.7. The van der Waals surface area contributed by atoms with Crippen molar-refractivity contribution in [3.8, 4) is 0 Å². The summed E-state index contributed by atoms with van der Waals surface area (Å²) in [4.78, 5) is 11.8. The molecular weight excluding hydrogens is 382 g/mol. The Kier molecular flexibility index (Phi) is 5.29. The quantitative estimate of drug-likeness (QED) is 0.775. The maximum Gasteiger partial charge on any atom is 0.339 e. The van der Waals surface area contributed by atoms with Gasteiger partial charge in [-0.1, -0.05) is 30.9 Å². The summed E-state index contributed by atoms with van der Waals surface area (Å²) in [5.74, 6) is -0.0266. The zero-order valence-corrected chi connectivity index (χ0v) is 14.3. The molecule has 1 saturated carbocycles. The van der Waals surface area contributed by atoms with Crippen molar-refractivity contribution in [3.05, 3.63) is 27.2 Å². The highest BCUT2D eigenvalue weighted by atomic mass is 79.9. The molecule has 0 bridgehead atoms. The van der Waals surface area contributed by atoms with E-state index in [0.29, 0.717) is 12.5 Å². The van der Waals surface area contributed by atoms with E-state index in [1.807, 2.05) is 0 Å². The summed E-state index contributed by atoms with van der Waals surface area (Å²) < 4.78 is 28.2. The Morgan fingerprint density at radius 3 is 2.62 bits per heavy atom. The fraction of sp³-hybridized carbons (Fsp3) is 0.462. The highest BCUT2D eigenvalue weighted by Crippen LogP contribution is 2.31. The summed E-state index contributed by atoms with van der Waals surface area (Å²) in [5.41, 5.74) is -0.0105. The molecule has 1 aliphatic rings. The number of esters is 1. The van der Waals surface area contributed by atoms with E-state index in [9.17, 15) is 13.2 Å². The number of benzene rings is 1. The highest BCUT2D eigenvalue weighted by molar-refractivity contribution is 9.10. The highest BCUT2D eigenvalue weighted by Gasteiger charge is 2.21. The predicted molar refractivity (Wildman–Crippen MR) is 82.8 cm³/mol. The summed E-state index contributed by atoms with van der Waals surface area (Å²) in [5, 5.41) is 5.17. The predicted octanol–water partition coefficient (Wildman–Crippen LogP) is 3.10. The lowest BCUT2D eigenvalue weighted by Gasteiger charge is -2.24. The number of carbonyl (C=O) groups excluding carboxylic acids is 1. The van der Waals surface area contributed by atoms with E-state index < -0.39 is 16.0 Å². The van der Waals surface area contributed by atoms with E-state index in [1.54, 1.807) is 0 Å². The monoisotopic (exact) mass is 395 g/mol. The number of hydrogen-bond donors (Lipinski definition) is 1. The standard InChI is InChI=1S/C13H15BrClNO4S/c14-11-7-9(21(16,18)19)6-10(12(11)15)13(17)20-5-4-8-2-1-3-8/h6-8H,1-5H2,(H2,16,18,19). The minimum atomic E-state index is -3.92. The molecule has 0 aliphatic heterocycles. The van der Waals surface area contributed by atoms with Gasteiger partial charge in [0, 0.05) is 4.47 Å². The largest absolute Gasteiger partial charge is 0.462 e. The number of halogens is 2. The lowest BCUT2D eigenvalue weighted by Crippen LogP contribution is -2.17. The molecular formula is C13H15BrClNO4S. The van der Waals surface area contributed by atoms with E-state index in [2.05, 4.69) is 15.9 Å². The Morgan fingerprint density at radius 2 is 2.10 bits per heavy atom. The van der Waals surface area contributed by atoms with E-state index in [-0.39, 0.29) is 20.0 Å². The van der Waals surface area contributed by atoms with Gasteiger partial charge in [-0.05, 0) is 40.4 Å². The maximum absolute atomic E-state index is 12.0. The van der Waals surface area contributed by atoms with Crippen LogP contribution in [0.5, 0.6) is 0 Å². The van der Waals surface area contributed by atoms with Gasteiger partial charge in [-0.25, -0.2) is 18.4 Å². The van der Waals surface area contributed by atoms with E-state index in [4.69, 9.17) is 21.5 Å². The fourth-order valence-electron chi connectivity index (χ4n) is 2.05. The summed E-state index contributed by atoms with van der Waals surface area (Å²) in [6.07, 6.45) is 4.39. The number of sulfonamides is 1. The lowest BCUT2D eigenvalue weighted by molar-refractivity contribution is 0.0464. The minimum absolute atomic E-state index is 0.0105. The van der Waals surface area contributed by atoms with E-state index >= 15 is 0 Å². The molecule has 1 fully saturated rings. The Labute approximate surface area is 137 Å². The van der Waals surface area contributed by atoms with E-state index in [1.165, 1.54) is 25.3 Å². The van der Waals surface area contributed by atoms with Crippen molar-refractivity contribution in [1.29, 1.82) is 0 Å². The van der Waals surface area contributed by atoms with Crippen LogP contribution in [0.25, 0.3) is 0 Å². The van der Waals surface area contributed by atoms with Crippen molar-refractivity contribution < 1.29 is 17.9 Å². The summed E-state index contributed by atoms with van der Waals surface area (Å²) in [7, 11) is -3.92. The van der Waals surface area contributed by atoms with Gasteiger partial charge in [0.25, 0.3) is 0 Å². The van der Waals surface area contributed by atoms with E-state index in [0.717, 1.165) is 12.5 Å². The summed E-state index contributed by atoms with van der Waals surface area (Å²) in [6.45, 7) is 0.303. The molecule has 0 unspecified atom stereocenters. The molecule has 0 aromatic heterocycles. The van der Waals surface area contributed by atoms with Gasteiger partial charge in [0.05, 0.1) is 22.1 Å². The van der Waals surface area contributed by atoms with Crippen LogP contribution >= 0.6 is 27.5 Å². The van der Waals surface area contributed by atoms with Crippen LogP contribution in [-0.4, -0.2) is 21.0 Å². The van der Waals surface area contributed by atoms with Gasteiger partial charge < -0.3 is 4.74 Å². The topological polar surface area (TPSA) is 86.5 Å². The van der Waals surface area contributed by atoms with Crippen LogP contribution in [0.2, 0.25) is 5.02 Å². The molecule has 0 radical (unpaired) electrons. The molecule has 5 nitrogen and oxygen atoms in total. The van der Waals surface area contributed by atoms with Gasteiger partial charge >= 0.3 is 5.97 Å². The molecule has 0 spiro atoms. The van der Waals surface area contributed by atoms with Gasteiger partial charge in [0.2, 0.25) is 10.0 Å². The molecule has 2 N–H and O–H groups in total. The van der Waals surface area contributed by atoms with Gasteiger partial charge in [0.1, 0.15) is 0 Å². The third kappa shape index (κ3) is 4.18. The first-order valence-corrected chi connectivity index (χ1v) is 9.19. The minimum Gasteiger partial charge on any atom is -0.462 e. The van der Waals surface area contributed by atoms with Crippen molar-refractivity contribution >= 4 is 43.5 Å². The van der Waals surface area contributed by atoms with Crippen molar-refractivity contribution in [3.63, 3.8) is 0 Å². The third-order valence-electron chi connectivity index (χ3n) is 3.53. The van der Waals surface area contributed by atoms with Crippen LogP contribution in [0.4, 0.5) is 0 Å². The Hall–Kier alpha value is -0.630. The van der Waals surface area contributed by atoms with Crippen LogP contribution in [-0.2, 0) is 14.8 Å². The molecule has 2 rings (SSSR count). The Balaban J connectivity index is 2.13. The zero-order chi connectivity index (χ0) is 15.6.